The van der Waals surface area contributed by atoms with E-state index in [0.717, 1.165) is 44.1 Å². The number of hydrogen-bond donors (Lipinski definition) is 1. The summed E-state index contributed by atoms with van der Waals surface area (Å²) in [5.41, 5.74) is 4.54. The van der Waals surface area contributed by atoms with Crippen molar-refractivity contribution in [3.63, 3.8) is 0 Å². The zero-order valence-electron chi connectivity index (χ0n) is 17.1. The highest BCUT2D eigenvalue weighted by molar-refractivity contribution is 5.96. The number of aryl methyl sites for hydroxylation is 1. The van der Waals surface area contributed by atoms with E-state index in [1.165, 1.54) is 11.1 Å². The van der Waals surface area contributed by atoms with Gasteiger partial charge >= 0.3 is 5.97 Å². The van der Waals surface area contributed by atoms with Gasteiger partial charge < -0.3 is 14.6 Å². The SMILES string of the molecule is CCCCCc1cc(O)c(C/C=C(\C)CCC=C(C)C)c2c1C(=O)OCO2. The first kappa shape index (κ1) is 21.1. The minimum atomic E-state index is -0.353. The Kier molecular flexibility index (Phi) is 7.96. The van der Waals surface area contributed by atoms with Gasteiger partial charge in [-0.05, 0) is 64.5 Å². The summed E-state index contributed by atoms with van der Waals surface area (Å²) in [4.78, 5) is 12.3. The summed E-state index contributed by atoms with van der Waals surface area (Å²) in [6.07, 6.45) is 10.7. The zero-order valence-corrected chi connectivity index (χ0v) is 17.1. The van der Waals surface area contributed by atoms with Gasteiger partial charge in [-0.3, -0.25) is 0 Å². The molecule has 1 aliphatic heterocycles. The van der Waals surface area contributed by atoms with Gasteiger partial charge in [-0.25, -0.2) is 4.79 Å². The van der Waals surface area contributed by atoms with Crippen LogP contribution in [0, 0.1) is 0 Å². The highest BCUT2D eigenvalue weighted by Crippen LogP contribution is 2.38. The summed E-state index contributed by atoms with van der Waals surface area (Å²) in [6, 6.07) is 1.71. The molecular formula is C23H32O4. The lowest BCUT2D eigenvalue weighted by molar-refractivity contribution is 0.00424. The highest BCUT2D eigenvalue weighted by Gasteiger charge is 2.28. The molecule has 0 atom stereocenters. The second-order valence-electron chi connectivity index (χ2n) is 7.46. The Morgan fingerprint density at radius 2 is 1.96 bits per heavy atom. The van der Waals surface area contributed by atoms with Gasteiger partial charge in [0, 0.05) is 5.56 Å². The summed E-state index contributed by atoms with van der Waals surface area (Å²) < 4.78 is 10.7. The minimum absolute atomic E-state index is 0.0973. The van der Waals surface area contributed by atoms with Gasteiger partial charge in [-0.2, -0.15) is 0 Å². The van der Waals surface area contributed by atoms with E-state index in [9.17, 15) is 9.90 Å². The van der Waals surface area contributed by atoms with Crippen molar-refractivity contribution in [2.45, 2.75) is 72.6 Å². The van der Waals surface area contributed by atoms with Crippen molar-refractivity contribution in [1.82, 2.24) is 0 Å². The molecular weight excluding hydrogens is 340 g/mol. The van der Waals surface area contributed by atoms with Crippen LogP contribution in [-0.4, -0.2) is 17.9 Å². The number of cyclic esters (lactones) is 1. The van der Waals surface area contributed by atoms with Crippen LogP contribution in [-0.2, 0) is 17.6 Å². The van der Waals surface area contributed by atoms with Crippen LogP contribution in [0.1, 0.15) is 81.3 Å². The van der Waals surface area contributed by atoms with E-state index < -0.39 is 0 Å². The Bertz CT molecular complexity index is 724. The number of esters is 1. The number of unbranched alkanes of at least 4 members (excludes halogenated alkanes) is 2. The van der Waals surface area contributed by atoms with Gasteiger partial charge in [0.2, 0.25) is 6.79 Å². The molecule has 0 aliphatic carbocycles. The Balaban J connectivity index is 2.25. The number of benzene rings is 1. The lowest BCUT2D eigenvalue weighted by Gasteiger charge is -2.23. The van der Waals surface area contributed by atoms with Crippen molar-refractivity contribution in [2.75, 3.05) is 6.79 Å². The lowest BCUT2D eigenvalue weighted by Crippen LogP contribution is -2.21. The van der Waals surface area contributed by atoms with Crippen LogP contribution in [0.5, 0.6) is 11.5 Å². The molecule has 0 radical (unpaired) electrons. The van der Waals surface area contributed by atoms with Gasteiger partial charge in [0.1, 0.15) is 17.1 Å². The number of aromatic hydroxyl groups is 1. The number of carbonyl (C=O) groups is 1. The van der Waals surface area contributed by atoms with Crippen molar-refractivity contribution >= 4 is 5.97 Å². The average molecular weight is 373 g/mol. The number of allylic oxidation sites excluding steroid dienone is 4. The van der Waals surface area contributed by atoms with Crippen LogP contribution in [0.4, 0.5) is 0 Å². The van der Waals surface area contributed by atoms with Crippen molar-refractivity contribution < 1.29 is 19.4 Å². The fourth-order valence-corrected chi connectivity index (χ4v) is 3.26. The van der Waals surface area contributed by atoms with Crippen LogP contribution in [0.2, 0.25) is 0 Å². The first-order chi connectivity index (χ1) is 12.9. The number of phenolic OH excluding ortho intramolecular Hbond substituents is 1. The van der Waals surface area contributed by atoms with Gasteiger partial charge in [-0.15, -0.1) is 0 Å². The zero-order chi connectivity index (χ0) is 19.8. The fraction of sp³-hybridized carbons (Fsp3) is 0.522. The summed E-state index contributed by atoms with van der Waals surface area (Å²) in [7, 11) is 0. The molecule has 2 rings (SSSR count). The molecule has 4 nitrogen and oxygen atoms in total. The van der Waals surface area contributed by atoms with Crippen LogP contribution >= 0.6 is 0 Å². The van der Waals surface area contributed by atoms with E-state index in [-0.39, 0.29) is 18.5 Å². The molecule has 1 heterocycles. The van der Waals surface area contributed by atoms with Crippen LogP contribution in [0.3, 0.4) is 0 Å². The third-order valence-electron chi connectivity index (χ3n) is 4.84. The number of carbonyl (C=O) groups excluding carboxylic acids is 1. The Morgan fingerprint density at radius 3 is 2.67 bits per heavy atom. The minimum Gasteiger partial charge on any atom is -0.508 e. The van der Waals surface area contributed by atoms with E-state index >= 15 is 0 Å². The number of hydrogen-bond acceptors (Lipinski definition) is 4. The summed E-state index contributed by atoms with van der Waals surface area (Å²) in [5.74, 6) is 0.336. The molecule has 148 valence electrons. The Hall–Kier alpha value is -2.23. The number of fused-ring (bicyclic) bond motifs is 1. The monoisotopic (exact) mass is 372 g/mol. The normalized spacial score (nSPS) is 13.6. The van der Waals surface area contributed by atoms with Gasteiger partial charge in [-0.1, -0.05) is 43.1 Å². The van der Waals surface area contributed by atoms with E-state index in [4.69, 9.17) is 9.47 Å². The summed E-state index contributed by atoms with van der Waals surface area (Å²) in [6.45, 7) is 8.33. The molecule has 0 bridgehead atoms. The van der Waals surface area contributed by atoms with Crippen molar-refractivity contribution in [2.24, 2.45) is 0 Å². The quantitative estimate of drug-likeness (QED) is 0.335. The molecule has 1 aromatic rings. The standard InChI is InChI=1S/C23H32O4/c1-5-6-7-11-18-14-20(24)19(22-21(18)23(25)27-15-26-22)13-12-17(4)10-8-9-16(2)3/h9,12,14,24H,5-8,10-11,13,15H2,1-4H3/b17-12+. The van der Waals surface area contributed by atoms with Crippen LogP contribution in [0.25, 0.3) is 0 Å². The predicted octanol–water partition coefficient (Wildman–Crippen LogP) is 5.87. The first-order valence-corrected chi connectivity index (χ1v) is 9.90. The summed E-state index contributed by atoms with van der Waals surface area (Å²) in [5, 5.41) is 10.6. The maximum absolute atomic E-state index is 12.3. The smallest absolute Gasteiger partial charge is 0.345 e. The molecule has 1 aliphatic rings. The molecule has 0 aromatic heterocycles. The Morgan fingerprint density at radius 1 is 1.19 bits per heavy atom. The fourth-order valence-electron chi connectivity index (χ4n) is 3.26. The maximum Gasteiger partial charge on any atom is 0.345 e. The topological polar surface area (TPSA) is 55.8 Å². The predicted molar refractivity (Wildman–Crippen MR) is 108 cm³/mol. The maximum atomic E-state index is 12.3. The third kappa shape index (κ3) is 5.88. The number of ether oxygens (including phenoxy) is 2. The van der Waals surface area contributed by atoms with Crippen LogP contribution in [0.15, 0.2) is 29.4 Å². The second-order valence-corrected chi connectivity index (χ2v) is 7.46. The molecule has 0 spiro atoms. The molecule has 1 N–H and O–H groups in total. The molecule has 0 amide bonds. The summed E-state index contributed by atoms with van der Waals surface area (Å²) >= 11 is 0. The molecule has 0 saturated carbocycles. The van der Waals surface area contributed by atoms with E-state index in [1.807, 2.05) is 0 Å². The lowest BCUT2D eigenvalue weighted by atomic mass is 9.94. The van der Waals surface area contributed by atoms with Crippen molar-refractivity contribution in [3.8, 4) is 11.5 Å². The van der Waals surface area contributed by atoms with E-state index in [1.54, 1.807) is 6.07 Å². The largest absolute Gasteiger partial charge is 0.508 e. The van der Waals surface area contributed by atoms with Crippen molar-refractivity contribution in [1.29, 1.82) is 0 Å². The Labute approximate surface area is 162 Å². The van der Waals surface area contributed by atoms with Crippen LogP contribution < -0.4 is 4.74 Å². The van der Waals surface area contributed by atoms with E-state index in [0.29, 0.717) is 23.3 Å². The molecule has 4 heteroatoms. The van der Waals surface area contributed by atoms with Gasteiger partial charge in [0.15, 0.2) is 0 Å². The molecule has 27 heavy (non-hydrogen) atoms. The molecule has 1 aromatic carbocycles. The third-order valence-corrected chi connectivity index (χ3v) is 4.84. The number of phenols is 1. The highest BCUT2D eigenvalue weighted by atomic mass is 16.7. The average Bonchev–Trinajstić information content (AvgIpc) is 2.61. The first-order valence-electron chi connectivity index (χ1n) is 9.90. The molecule has 0 unspecified atom stereocenters. The van der Waals surface area contributed by atoms with Gasteiger partial charge in [0.05, 0.1) is 0 Å². The second kappa shape index (κ2) is 10.2. The molecule has 0 saturated heterocycles. The molecule has 0 fully saturated rings. The number of rotatable bonds is 9. The van der Waals surface area contributed by atoms with Crippen molar-refractivity contribution in [3.05, 3.63) is 46.1 Å². The van der Waals surface area contributed by atoms with Gasteiger partial charge in [0.25, 0.3) is 0 Å². The van der Waals surface area contributed by atoms with E-state index in [2.05, 4.69) is 39.8 Å².